The molecule has 8 nitrogen and oxygen atoms in total. The minimum atomic E-state index is -3.52. The molecule has 29 heavy (non-hydrogen) atoms. The minimum Gasteiger partial charge on any atom is -0.355 e. The third-order valence-electron chi connectivity index (χ3n) is 5.65. The van der Waals surface area contributed by atoms with E-state index in [1.54, 1.807) is 12.1 Å². The molecule has 2 aliphatic heterocycles. The third-order valence-corrected chi connectivity index (χ3v) is 7.71. The van der Waals surface area contributed by atoms with Gasteiger partial charge in [-0.05, 0) is 57.4 Å². The highest BCUT2D eigenvalue weighted by Gasteiger charge is 2.40. The Bertz CT molecular complexity index is 916. The summed E-state index contributed by atoms with van der Waals surface area (Å²) in [5.74, 6) is 0.917. The van der Waals surface area contributed by atoms with Crippen LogP contribution in [0.15, 0.2) is 36.4 Å². The van der Waals surface area contributed by atoms with Gasteiger partial charge in [0.1, 0.15) is 5.25 Å². The van der Waals surface area contributed by atoms with E-state index < -0.39 is 15.3 Å². The summed E-state index contributed by atoms with van der Waals surface area (Å²) in [5.41, 5.74) is 8.17. The average Bonchev–Trinajstić information content (AvgIpc) is 3.08. The lowest BCUT2D eigenvalue weighted by Crippen LogP contribution is -2.41. The standard InChI is InChI=1S/C20H28N6O2S/c1-14-20(15(2)22-21-14)29(27,28)25-17-8-6-16(7-9-17)18-10-11-19(24-23-18)26-12-4-3-5-13-26/h6-11,14-15,20-22,25H,3-5,12-13H2,1-2H3. The summed E-state index contributed by atoms with van der Waals surface area (Å²) in [7, 11) is -3.52. The Hall–Kier alpha value is -2.23. The van der Waals surface area contributed by atoms with Crippen molar-refractivity contribution in [1.29, 1.82) is 0 Å². The molecule has 0 radical (unpaired) electrons. The van der Waals surface area contributed by atoms with Crippen LogP contribution in [0.3, 0.4) is 0 Å². The molecule has 0 aliphatic carbocycles. The molecule has 2 aromatic rings. The van der Waals surface area contributed by atoms with Crippen molar-refractivity contribution in [2.75, 3.05) is 22.7 Å². The summed E-state index contributed by atoms with van der Waals surface area (Å²) >= 11 is 0. The van der Waals surface area contributed by atoms with Crippen molar-refractivity contribution in [3.05, 3.63) is 36.4 Å². The molecule has 3 heterocycles. The lowest BCUT2D eigenvalue weighted by atomic mass is 10.1. The molecule has 1 aromatic heterocycles. The number of hydrogen-bond donors (Lipinski definition) is 3. The van der Waals surface area contributed by atoms with Crippen LogP contribution in [-0.2, 0) is 10.0 Å². The van der Waals surface area contributed by atoms with Gasteiger partial charge in [0, 0.05) is 36.4 Å². The van der Waals surface area contributed by atoms with Crippen LogP contribution >= 0.6 is 0 Å². The third kappa shape index (κ3) is 4.36. The van der Waals surface area contributed by atoms with Gasteiger partial charge in [-0.3, -0.25) is 15.6 Å². The second-order valence-electron chi connectivity index (χ2n) is 7.88. The number of hydrazine groups is 1. The van der Waals surface area contributed by atoms with Crippen LogP contribution in [0.1, 0.15) is 33.1 Å². The fourth-order valence-corrected chi connectivity index (χ4v) is 5.92. The van der Waals surface area contributed by atoms with Crippen molar-refractivity contribution in [3.63, 3.8) is 0 Å². The van der Waals surface area contributed by atoms with Gasteiger partial charge < -0.3 is 4.90 Å². The molecule has 2 atom stereocenters. The fourth-order valence-electron chi connectivity index (χ4n) is 4.11. The van der Waals surface area contributed by atoms with Gasteiger partial charge in [0.2, 0.25) is 10.0 Å². The Morgan fingerprint density at radius 3 is 2.17 bits per heavy atom. The normalized spacial score (nSPS) is 25.2. The van der Waals surface area contributed by atoms with Gasteiger partial charge in [0.25, 0.3) is 0 Å². The highest BCUT2D eigenvalue weighted by atomic mass is 32.2. The first-order valence-electron chi connectivity index (χ1n) is 10.2. The molecule has 4 rings (SSSR count). The summed E-state index contributed by atoms with van der Waals surface area (Å²) in [6.07, 6.45) is 3.68. The lowest BCUT2D eigenvalue weighted by molar-refractivity contribution is 0.564. The Morgan fingerprint density at radius 2 is 1.59 bits per heavy atom. The van der Waals surface area contributed by atoms with Crippen molar-refractivity contribution >= 4 is 21.5 Å². The largest absolute Gasteiger partial charge is 0.355 e. The summed E-state index contributed by atoms with van der Waals surface area (Å²) in [6.45, 7) is 5.78. The monoisotopic (exact) mass is 416 g/mol. The Balaban J connectivity index is 1.45. The van der Waals surface area contributed by atoms with Crippen molar-refractivity contribution < 1.29 is 8.42 Å². The molecule has 2 fully saturated rings. The molecular weight excluding hydrogens is 388 g/mol. The van der Waals surface area contributed by atoms with Crippen molar-refractivity contribution in [3.8, 4) is 11.3 Å². The van der Waals surface area contributed by atoms with E-state index in [1.165, 1.54) is 19.3 Å². The first kappa shape index (κ1) is 20.1. The number of nitrogens with zero attached hydrogens (tertiary/aromatic N) is 3. The van der Waals surface area contributed by atoms with Gasteiger partial charge in [-0.2, -0.15) is 0 Å². The first-order chi connectivity index (χ1) is 13.9. The molecule has 9 heteroatoms. The highest BCUT2D eigenvalue weighted by Crippen LogP contribution is 2.24. The van der Waals surface area contributed by atoms with E-state index in [1.807, 2.05) is 38.1 Å². The summed E-state index contributed by atoms with van der Waals surface area (Å²) in [5, 5.41) is 8.20. The summed E-state index contributed by atoms with van der Waals surface area (Å²) < 4.78 is 28.2. The topological polar surface area (TPSA) is 99.2 Å². The number of aromatic nitrogens is 2. The van der Waals surface area contributed by atoms with Gasteiger partial charge >= 0.3 is 0 Å². The highest BCUT2D eigenvalue weighted by molar-refractivity contribution is 7.93. The van der Waals surface area contributed by atoms with Crippen LogP contribution in [0, 0.1) is 0 Å². The molecule has 156 valence electrons. The van der Waals surface area contributed by atoms with Crippen LogP contribution in [0.5, 0.6) is 0 Å². The van der Waals surface area contributed by atoms with Crippen molar-refractivity contribution in [1.82, 2.24) is 21.0 Å². The number of hydrogen-bond acceptors (Lipinski definition) is 7. The zero-order chi connectivity index (χ0) is 20.4. The Labute approximate surface area is 172 Å². The smallest absolute Gasteiger partial charge is 0.238 e. The number of rotatable bonds is 5. The van der Waals surface area contributed by atoms with Gasteiger partial charge in [0.05, 0.1) is 5.69 Å². The van der Waals surface area contributed by atoms with E-state index in [9.17, 15) is 8.42 Å². The number of piperidine rings is 1. The van der Waals surface area contributed by atoms with Gasteiger partial charge in [-0.15, -0.1) is 10.2 Å². The number of anilines is 2. The van der Waals surface area contributed by atoms with Crippen molar-refractivity contribution in [2.24, 2.45) is 0 Å². The molecular formula is C20H28N6O2S. The molecule has 0 bridgehead atoms. The Kier molecular flexibility index (Phi) is 5.71. The number of nitrogens with one attached hydrogen (secondary N) is 3. The molecule has 0 amide bonds. The second kappa shape index (κ2) is 8.25. The van der Waals surface area contributed by atoms with E-state index in [0.717, 1.165) is 30.2 Å². The van der Waals surface area contributed by atoms with Gasteiger partial charge in [-0.1, -0.05) is 12.1 Å². The first-order valence-corrected chi connectivity index (χ1v) is 11.7. The van der Waals surface area contributed by atoms with Crippen LogP contribution in [0.2, 0.25) is 0 Å². The van der Waals surface area contributed by atoms with Gasteiger partial charge in [0.15, 0.2) is 5.82 Å². The number of benzene rings is 1. The lowest BCUT2D eigenvalue weighted by Gasteiger charge is -2.27. The molecule has 2 unspecified atom stereocenters. The van der Waals surface area contributed by atoms with E-state index in [2.05, 4.69) is 30.7 Å². The molecule has 0 spiro atoms. The zero-order valence-electron chi connectivity index (χ0n) is 16.8. The zero-order valence-corrected chi connectivity index (χ0v) is 17.6. The summed E-state index contributed by atoms with van der Waals surface area (Å²) in [6, 6.07) is 10.9. The summed E-state index contributed by atoms with van der Waals surface area (Å²) in [4.78, 5) is 2.27. The van der Waals surface area contributed by atoms with E-state index in [0.29, 0.717) is 5.69 Å². The predicted molar refractivity (Wildman–Crippen MR) is 115 cm³/mol. The van der Waals surface area contributed by atoms with Crippen LogP contribution in [0.4, 0.5) is 11.5 Å². The van der Waals surface area contributed by atoms with Crippen LogP contribution in [0.25, 0.3) is 11.3 Å². The molecule has 3 N–H and O–H groups in total. The molecule has 2 saturated heterocycles. The second-order valence-corrected chi connectivity index (χ2v) is 9.72. The fraction of sp³-hybridized carbons (Fsp3) is 0.500. The number of sulfonamides is 1. The molecule has 2 aliphatic rings. The maximum atomic E-state index is 12.7. The molecule has 0 saturated carbocycles. The predicted octanol–water partition coefficient (Wildman–Crippen LogP) is 2.13. The van der Waals surface area contributed by atoms with E-state index in [4.69, 9.17) is 0 Å². The SMILES string of the molecule is CC1NNC(C)C1S(=O)(=O)Nc1ccc(-c2ccc(N3CCCCC3)nn2)cc1. The average molecular weight is 417 g/mol. The van der Waals surface area contributed by atoms with E-state index in [-0.39, 0.29) is 12.1 Å². The maximum absolute atomic E-state index is 12.7. The van der Waals surface area contributed by atoms with E-state index >= 15 is 0 Å². The molecule has 1 aromatic carbocycles. The van der Waals surface area contributed by atoms with Crippen LogP contribution in [-0.4, -0.2) is 49.0 Å². The minimum absolute atomic E-state index is 0.171. The van der Waals surface area contributed by atoms with Crippen LogP contribution < -0.4 is 20.5 Å². The Morgan fingerprint density at radius 1 is 0.931 bits per heavy atom. The van der Waals surface area contributed by atoms with Gasteiger partial charge in [-0.25, -0.2) is 8.42 Å². The quantitative estimate of drug-likeness (QED) is 0.687. The maximum Gasteiger partial charge on any atom is 0.238 e. The van der Waals surface area contributed by atoms with Crippen molar-refractivity contribution in [2.45, 2.75) is 50.4 Å².